The molecule has 0 spiro atoms. The molecule has 10 heteroatoms. The molecule has 0 radical (unpaired) electrons. The fourth-order valence-electron chi connectivity index (χ4n) is 4.12. The molecule has 1 saturated heterocycles. The van der Waals surface area contributed by atoms with Crippen molar-refractivity contribution < 1.29 is 24.1 Å². The third kappa shape index (κ3) is 4.90. The van der Waals surface area contributed by atoms with Crippen molar-refractivity contribution in [3.63, 3.8) is 0 Å². The van der Waals surface area contributed by atoms with Gasteiger partial charge < -0.3 is 30.3 Å². The maximum Gasteiger partial charge on any atom is 0.165 e. The summed E-state index contributed by atoms with van der Waals surface area (Å²) in [7, 11) is 3.07. The molecule has 4 rings (SSSR count). The molecule has 1 aliphatic heterocycles. The number of nitrogens with one attached hydrogen (secondary N) is 2. The molecule has 0 amide bonds. The quantitative estimate of drug-likeness (QED) is 0.427. The van der Waals surface area contributed by atoms with Crippen LogP contribution in [-0.2, 0) is 0 Å². The number of phenols is 1. The topological polar surface area (TPSA) is 109 Å². The van der Waals surface area contributed by atoms with Crippen molar-refractivity contribution in [1.82, 2.24) is 15.3 Å². The minimum atomic E-state index is -0.908. The zero-order valence-electron chi connectivity index (χ0n) is 18.8. The Morgan fingerprint density at radius 1 is 1.09 bits per heavy atom. The van der Waals surface area contributed by atoms with E-state index in [0.29, 0.717) is 41.3 Å². The van der Waals surface area contributed by atoms with Crippen molar-refractivity contribution in [3.05, 3.63) is 36.1 Å². The van der Waals surface area contributed by atoms with Crippen molar-refractivity contribution in [1.29, 1.82) is 0 Å². The van der Waals surface area contributed by atoms with Gasteiger partial charge in [-0.2, -0.15) is 0 Å². The summed E-state index contributed by atoms with van der Waals surface area (Å²) in [5.41, 5.74) is -0.202. The molecule has 178 valence electrons. The summed E-state index contributed by atoms with van der Waals surface area (Å²) in [5.74, 6) is 0.929. The molecule has 4 N–H and O–H groups in total. The summed E-state index contributed by atoms with van der Waals surface area (Å²) < 4.78 is 24.8. The van der Waals surface area contributed by atoms with E-state index in [1.807, 2.05) is 0 Å². The second-order valence-electron chi connectivity index (χ2n) is 8.45. The predicted octanol–water partition coefficient (Wildman–Crippen LogP) is 3.35. The first-order chi connectivity index (χ1) is 15.2. The summed E-state index contributed by atoms with van der Waals surface area (Å²) in [5, 5.41) is 28.3. The van der Waals surface area contributed by atoms with E-state index in [2.05, 4.69) is 20.6 Å². The minimum Gasteiger partial charge on any atom is -0.507 e. The SMILES string of the molecule is COc1cc2nc(-c3cc(F)ccc3O)nc(N[C@H]3CNC[C@@H]3C(C)(C)O)c2cc1OC.Cl. The van der Waals surface area contributed by atoms with Gasteiger partial charge in [-0.25, -0.2) is 14.4 Å². The Labute approximate surface area is 197 Å². The molecule has 2 aromatic carbocycles. The van der Waals surface area contributed by atoms with Crippen molar-refractivity contribution in [2.45, 2.75) is 25.5 Å². The average Bonchev–Trinajstić information content (AvgIpc) is 3.23. The number of phenolic OH excluding ortho intramolecular Hbond substituents is 1. The number of halogens is 2. The average molecular weight is 479 g/mol. The summed E-state index contributed by atoms with van der Waals surface area (Å²) >= 11 is 0. The lowest BCUT2D eigenvalue weighted by atomic mass is 9.87. The Morgan fingerprint density at radius 3 is 2.45 bits per heavy atom. The highest BCUT2D eigenvalue weighted by Crippen LogP contribution is 2.37. The maximum atomic E-state index is 13.9. The zero-order chi connectivity index (χ0) is 23.0. The maximum absolute atomic E-state index is 13.9. The van der Waals surface area contributed by atoms with Crippen LogP contribution in [0.25, 0.3) is 22.3 Å². The Morgan fingerprint density at radius 2 is 1.79 bits per heavy atom. The Balaban J connectivity index is 0.00000306. The van der Waals surface area contributed by atoms with E-state index in [9.17, 15) is 14.6 Å². The van der Waals surface area contributed by atoms with Crippen molar-refractivity contribution in [2.24, 2.45) is 5.92 Å². The van der Waals surface area contributed by atoms with Gasteiger partial charge in [0.15, 0.2) is 17.3 Å². The Kier molecular flexibility index (Phi) is 7.16. The van der Waals surface area contributed by atoms with E-state index >= 15 is 0 Å². The molecule has 3 aromatic rings. The van der Waals surface area contributed by atoms with Gasteiger partial charge in [0.25, 0.3) is 0 Å². The highest BCUT2D eigenvalue weighted by molar-refractivity contribution is 5.93. The largest absolute Gasteiger partial charge is 0.507 e. The number of aromatic hydroxyl groups is 1. The number of benzene rings is 2. The van der Waals surface area contributed by atoms with Crippen LogP contribution in [0.2, 0.25) is 0 Å². The van der Waals surface area contributed by atoms with Gasteiger partial charge in [0.1, 0.15) is 17.4 Å². The van der Waals surface area contributed by atoms with Crippen LogP contribution >= 0.6 is 12.4 Å². The first kappa shape index (κ1) is 24.8. The van der Waals surface area contributed by atoms with Gasteiger partial charge in [-0.1, -0.05) is 0 Å². The van der Waals surface area contributed by atoms with Crippen molar-refractivity contribution in [3.8, 4) is 28.6 Å². The number of rotatable bonds is 6. The van der Waals surface area contributed by atoms with E-state index in [0.717, 1.165) is 0 Å². The Bertz CT molecular complexity index is 1160. The van der Waals surface area contributed by atoms with E-state index in [1.165, 1.54) is 25.3 Å². The van der Waals surface area contributed by atoms with E-state index in [4.69, 9.17) is 9.47 Å². The van der Waals surface area contributed by atoms with E-state index in [-0.39, 0.29) is 41.5 Å². The number of methoxy groups -OCH3 is 2. The minimum absolute atomic E-state index is 0. The number of aromatic nitrogens is 2. The fourth-order valence-corrected chi connectivity index (χ4v) is 4.12. The highest BCUT2D eigenvalue weighted by Gasteiger charge is 2.38. The van der Waals surface area contributed by atoms with Crippen LogP contribution in [0, 0.1) is 11.7 Å². The lowest BCUT2D eigenvalue weighted by molar-refractivity contribution is 0.0219. The van der Waals surface area contributed by atoms with Gasteiger partial charge >= 0.3 is 0 Å². The molecule has 0 unspecified atom stereocenters. The highest BCUT2D eigenvalue weighted by atomic mass is 35.5. The molecule has 0 saturated carbocycles. The van der Waals surface area contributed by atoms with Crippen molar-refractivity contribution in [2.75, 3.05) is 32.6 Å². The molecular formula is C23H28ClFN4O4. The predicted molar refractivity (Wildman–Crippen MR) is 127 cm³/mol. The molecule has 0 aliphatic carbocycles. The number of hydrogen-bond acceptors (Lipinski definition) is 8. The number of anilines is 1. The van der Waals surface area contributed by atoms with Crippen LogP contribution in [0.15, 0.2) is 30.3 Å². The molecule has 1 aliphatic rings. The third-order valence-corrected chi connectivity index (χ3v) is 5.84. The van der Waals surface area contributed by atoms with Gasteiger partial charge in [0, 0.05) is 36.5 Å². The lowest BCUT2D eigenvalue weighted by Gasteiger charge is -2.31. The first-order valence-corrected chi connectivity index (χ1v) is 10.3. The monoisotopic (exact) mass is 478 g/mol. The van der Waals surface area contributed by atoms with Crippen LogP contribution < -0.4 is 20.1 Å². The van der Waals surface area contributed by atoms with Crippen LogP contribution in [0.3, 0.4) is 0 Å². The number of aliphatic hydroxyl groups is 1. The van der Waals surface area contributed by atoms with Gasteiger partial charge in [-0.05, 0) is 38.1 Å². The van der Waals surface area contributed by atoms with Crippen LogP contribution in [-0.4, -0.2) is 59.1 Å². The normalized spacial score (nSPS) is 18.1. The second-order valence-corrected chi connectivity index (χ2v) is 8.45. The lowest BCUT2D eigenvalue weighted by Crippen LogP contribution is -2.42. The van der Waals surface area contributed by atoms with E-state index < -0.39 is 11.4 Å². The number of nitrogens with zero attached hydrogens (tertiary/aromatic N) is 2. The number of ether oxygens (including phenoxy) is 2. The second kappa shape index (κ2) is 9.54. The van der Waals surface area contributed by atoms with Crippen LogP contribution in [0.4, 0.5) is 10.2 Å². The third-order valence-electron chi connectivity index (χ3n) is 5.84. The zero-order valence-corrected chi connectivity index (χ0v) is 19.7. The molecule has 1 aromatic heterocycles. The summed E-state index contributed by atoms with van der Waals surface area (Å²) in [6, 6.07) is 7.00. The number of hydrogen-bond donors (Lipinski definition) is 4. The first-order valence-electron chi connectivity index (χ1n) is 10.3. The van der Waals surface area contributed by atoms with Crippen molar-refractivity contribution >= 4 is 29.1 Å². The summed E-state index contributed by atoms with van der Waals surface area (Å²) in [4.78, 5) is 9.19. The number of fused-ring (bicyclic) bond motifs is 1. The van der Waals surface area contributed by atoms with Gasteiger partial charge in [0.05, 0.1) is 30.9 Å². The molecule has 2 heterocycles. The summed E-state index contributed by atoms with van der Waals surface area (Å²) in [6.45, 7) is 4.84. The van der Waals surface area contributed by atoms with Gasteiger partial charge in [-0.3, -0.25) is 0 Å². The molecule has 2 atom stereocenters. The molecule has 8 nitrogen and oxygen atoms in total. The van der Waals surface area contributed by atoms with E-state index in [1.54, 1.807) is 33.1 Å². The van der Waals surface area contributed by atoms with Crippen LogP contribution in [0.5, 0.6) is 17.2 Å². The van der Waals surface area contributed by atoms with Gasteiger partial charge in [0.2, 0.25) is 0 Å². The Hall–Kier alpha value is -2.88. The molecule has 0 bridgehead atoms. The molecule has 33 heavy (non-hydrogen) atoms. The molecular weight excluding hydrogens is 451 g/mol. The smallest absolute Gasteiger partial charge is 0.165 e. The standard InChI is InChI=1S/C23H27FN4O4.ClH/c1-23(2,30)15-10-25-11-17(15)27-21-13-8-19(31-3)20(32-4)9-16(13)26-22(28-21)14-7-12(24)5-6-18(14)29;/h5-9,15,17,25,29-30H,10-11H2,1-4H3,(H,26,27,28);1H/t15-,17-;/m0./s1. The fraction of sp³-hybridized carbons (Fsp3) is 0.391. The summed E-state index contributed by atoms with van der Waals surface area (Å²) in [6.07, 6.45) is 0. The molecule has 1 fully saturated rings. The van der Waals surface area contributed by atoms with Gasteiger partial charge in [-0.15, -0.1) is 12.4 Å². The van der Waals surface area contributed by atoms with Crippen LogP contribution in [0.1, 0.15) is 13.8 Å².